The maximum atomic E-state index is 4.00. The van der Waals surface area contributed by atoms with E-state index in [1.807, 2.05) is 28.9 Å². The Morgan fingerprint density at radius 2 is 2.08 bits per heavy atom. The predicted octanol–water partition coefficient (Wildman–Crippen LogP) is 1.45. The van der Waals surface area contributed by atoms with Crippen molar-refractivity contribution < 1.29 is 22.4 Å². The van der Waals surface area contributed by atoms with Gasteiger partial charge in [-0.25, -0.2) is 4.68 Å². The third-order valence-corrected chi connectivity index (χ3v) is 1.72. The van der Waals surface area contributed by atoms with Gasteiger partial charge in [0, 0.05) is 6.54 Å². The molecule has 0 unspecified atom stereocenters. The molecule has 0 atom stereocenters. The van der Waals surface area contributed by atoms with Crippen molar-refractivity contribution in [3.8, 4) is 0 Å². The van der Waals surface area contributed by atoms with Crippen LogP contribution in [-0.4, -0.2) is 15.0 Å². The fraction of sp³-hybridized carbons (Fsp3) is 0.250. The number of hydrogen-bond acceptors (Lipinski definition) is 2. The minimum Gasteiger partial charge on any atom is -0.245 e. The number of aryl methyl sites for hydroxylation is 1. The molecule has 1 aromatic carbocycles. The van der Waals surface area contributed by atoms with E-state index in [2.05, 4.69) is 17.2 Å². The smallest absolute Gasteiger partial charge is 0.245 e. The van der Waals surface area contributed by atoms with Crippen LogP contribution in [0.3, 0.4) is 0 Å². The molecule has 0 aliphatic heterocycles. The average molecular weight is 255 g/mol. The van der Waals surface area contributed by atoms with Gasteiger partial charge in [-0.2, -0.15) is 0 Å². The van der Waals surface area contributed by atoms with E-state index < -0.39 is 0 Å². The second-order valence-corrected chi connectivity index (χ2v) is 2.39. The first-order valence-electron chi connectivity index (χ1n) is 3.70. The Balaban J connectivity index is 0.000000720. The molecule has 1 heterocycles. The fourth-order valence-corrected chi connectivity index (χ4v) is 1.15. The van der Waals surface area contributed by atoms with Crippen LogP contribution in [0.2, 0.25) is 0 Å². The molecule has 0 N–H and O–H groups in total. The van der Waals surface area contributed by atoms with E-state index in [-0.39, 0.29) is 22.4 Å². The summed E-state index contributed by atoms with van der Waals surface area (Å²) in [6, 6.07) is 7.96. The largest absolute Gasteiger partial charge is 1.00 e. The molecule has 12 heavy (non-hydrogen) atoms. The Morgan fingerprint density at radius 1 is 1.33 bits per heavy atom. The van der Waals surface area contributed by atoms with Gasteiger partial charge in [-0.15, -0.1) is 5.10 Å². The van der Waals surface area contributed by atoms with Crippen LogP contribution in [-0.2, 0) is 28.9 Å². The Morgan fingerprint density at radius 3 is 2.83 bits per heavy atom. The van der Waals surface area contributed by atoms with Gasteiger partial charge in [0.15, 0.2) is 0 Å². The summed E-state index contributed by atoms with van der Waals surface area (Å²) in [5.41, 5.74) is 2.07. The monoisotopic (exact) mass is 254 g/mol. The van der Waals surface area contributed by atoms with Gasteiger partial charge in [-0.3, -0.25) is 0 Å². The van der Waals surface area contributed by atoms with Gasteiger partial charge in [-0.1, -0.05) is 17.3 Å². The number of hydrogen-bond donors (Lipinski definition) is 0. The molecule has 66 valence electrons. The van der Waals surface area contributed by atoms with Crippen LogP contribution in [0.25, 0.3) is 11.0 Å². The molecule has 0 amide bonds. The third-order valence-electron chi connectivity index (χ3n) is 1.72. The number of benzene rings is 1. The van der Waals surface area contributed by atoms with Crippen LogP contribution in [0.5, 0.6) is 0 Å². The molecule has 0 aliphatic rings. The zero-order valence-electron chi connectivity index (χ0n) is 6.66. The predicted molar refractivity (Wildman–Crippen MR) is 43.2 cm³/mol. The van der Waals surface area contributed by atoms with Gasteiger partial charge in [0.2, 0.25) is 0 Å². The molecule has 3 nitrogen and oxygen atoms in total. The molecule has 4 heteroatoms. The molecule has 0 aliphatic carbocycles. The summed E-state index contributed by atoms with van der Waals surface area (Å²) >= 11 is 0. The van der Waals surface area contributed by atoms with Crippen molar-refractivity contribution in [1.82, 2.24) is 15.0 Å². The first-order chi connectivity index (χ1) is 5.42. The first kappa shape index (κ1) is 9.45. The number of aromatic nitrogens is 3. The molecule has 2 aromatic rings. The van der Waals surface area contributed by atoms with Gasteiger partial charge >= 0.3 is 22.4 Å². The Labute approximate surface area is 86.3 Å². The normalized spacial score (nSPS) is 9.75. The van der Waals surface area contributed by atoms with E-state index in [0.29, 0.717) is 0 Å². The summed E-state index contributed by atoms with van der Waals surface area (Å²) in [6.45, 7) is 2.93. The molecule has 0 bridgehead atoms. The van der Waals surface area contributed by atoms with Crippen molar-refractivity contribution in [2.24, 2.45) is 0 Å². The molecular formula is C8H9AgN3+. The maximum Gasteiger partial charge on any atom is 1.00 e. The topological polar surface area (TPSA) is 30.7 Å². The van der Waals surface area contributed by atoms with Crippen LogP contribution in [0.4, 0.5) is 0 Å². The zero-order chi connectivity index (χ0) is 7.68. The number of rotatable bonds is 1. The number of fused-ring (bicyclic) bond motifs is 1. The Kier molecular flexibility index (Phi) is 3.03. The summed E-state index contributed by atoms with van der Waals surface area (Å²) in [5, 5.41) is 7.98. The third kappa shape index (κ3) is 1.43. The van der Waals surface area contributed by atoms with Crippen LogP contribution < -0.4 is 0 Å². The van der Waals surface area contributed by atoms with E-state index in [4.69, 9.17) is 0 Å². The van der Waals surface area contributed by atoms with Crippen molar-refractivity contribution in [3.05, 3.63) is 24.3 Å². The van der Waals surface area contributed by atoms with Gasteiger partial charge < -0.3 is 0 Å². The van der Waals surface area contributed by atoms with Crippen LogP contribution in [0, 0.1) is 0 Å². The molecule has 0 radical (unpaired) electrons. The fourth-order valence-electron chi connectivity index (χ4n) is 1.15. The standard InChI is InChI=1S/C8H9N3.Ag/c1-2-11-8-6-4-3-5-7(8)9-10-11;/h3-6H,2H2,1H3;/q;+1. The molecule has 0 fully saturated rings. The quantitative estimate of drug-likeness (QED) is 0.722. The minimum absolute atomic E-state index is 0. The zero-order valence-corrected chi connectivity index (χ0v) is 8.14. The van der Waals surface area contributed by atoms with Gasteiger partial charge in [0.25, 0.3) is 0 Å². The molecule has 0 saturated heterocycles. The van der Waals surface area contributed by atoms with E-state index in [9.17, 15) is 0 Å². The second-order valence-electron chi connectivity index (χ2n) is 2.39. The summed E-state index contributed by atoms with van der Waals surface area (Å²) in [5.74, 6) is 0. The summed E-state index contributed by atoms with van der Waals surface area (Å²) in [6.07, 6.45) is 0. The van der Waals surface area contributed by atoms with Crippen molar-refractivity contribution in [2.75, 3.05) is 0 Å². The summed E-state index contributed by atoms with van der Waals surface area (Å²) < 4.78 is 1.88. The number of para-hydroxylation sites is 1. The average Bonchev–Trinajstić information content (AvgIpc) is 2.47. The van der Waals surface area contributed by atoms with E-state index in [1.165, 1.54) is 0 Å². The molecule has 0 saturated carbocycles. The van der Waals surface area contributed by atoms with Crippen molar-refractivity contribution >= 4 is 11.0 Å². The SMILES string of the molecule is CCn1nnc2ccccc21.[Ag+]. The Hall–Kier alpha value is -0.640. The minimum atomic E-state index is 0. The van der Waals surface area contributed by atoms with Crippen molar-refractivity contribution in [2.45, 2.75) is 13.5 Å². The van der Waals surface area contributed by atoms with Crippen molar-refractivity contribution in [3.63, 3.8) is 0 Å². The van der Waals surface area contributed by atoms with Crippen LogP contribution >= 0.6 is 0 Å². The van der Waals surface area contributed by atoms with Gasteiger partial charge in [0.05, 0.1) is 5.52 Å². The van der Waals surface area contributed by atoms with E-state index >= 15 is 0 Å². The van der Waals surface area contributed by atoms with Crippen LogP contribution in [0.15, 0.2) is 24.3 Å². The second kappa shape index (κ2) is 3.85. The van der Waals surface area contributed by atoms with Gasteiger partial charge in [0.1, 0.15) is 5.52 Å². The number of nitrogens with zero attached hydrogens (tertiary/aromatic N) is 3. The van der Waals surface area contributed by atoms with Crippen LogP contribution in [0.1, 0.15) is 6.92 Å². The van der Waals surface area contributed by atoms with Gasteiger partial charge in [-0.05, 0) is 19.1 Å². The van der Waals surface area contributed by atoms with E-state index in [0.717, 1.165) is 17.6 Å². The maximum absolute atomic E-state index is 4.00. The molecule has 0 spiro atoms. The Bertz CT molecular complexity index is 369. The summed E-state index contributed by atoms with van der Waals surface area (Å²) in [7, 11) is 0. The van der Waals surface area contributed by atoms with Crippen molar-refractivity contribution in [1.29, 1.82) is 0 Å². The first-order valence-corrected chi connectivity index (χ1v) is 3.70. The molecular weight excluding hydrogens is 246 g/mol. The van der Waals surface area contributed by atoms with E-state index in [1.54, 1.807) is 0 Å². The molecule has 2 rings (SSSR count). The molecule has 1 aromatic heterocycles. The summed E-state index contributed by atoms with van der Waals surface area (Å²) in [4.78, 5) is 0.